The molecule has 5 heteroatoms. The Kier molecular flexibility index (Phi) is 5.52. The lowest BCUT2D eigenvalue weighted by Gasteiger charge is -2.12. The van der Waals surface area contributed by atoms with Crippen molar-refractivity contribution in [1.82, 2.24) is 0 Å². The molecule has 0 aliphatic heterocycles. The second kappa shape index (κ2) is 7.17. The molecule has 0 unspecified atom stereocenters. The van der Waals surface area contributed by atoms with Gasteiger partial charge in [-0.05, 0) is 26.0 Å². The summed E-state index contributed by atoms with van der Waals surface area (Å²) >= 11 is 0. The Balaban J connectivity index is 2.85. The highest BCUT2D eigenvalue weighted by atomic mass is 16.5. The fourth-order valence-corrected chi connectivity index (χ4v) is 1.40. The van der Waals surface area contributed by atoms with Crippen LogP contribution in [0.1, 0.15) is 13.8 Å². The van der Waals surface area contributed by atoms with E-state index in [4.69, 9.17) is 16.0 Å². The average molecular weight is 248 g/mol. The van der Waals surface area contributed by atoms with Gasteiger partial charge in [0.15, 0.2) is 11.5 Å². The lowest BCUT2D eigenvalue weighted by atomic mass is 10.2. The molecular weight excluding hydrogens is 232 g/mol. The number of nitrogens with one attached hydrogen (secondary N) is 1. The smallest absolute Gasteiger partial charge is 0.304 e. The third kappa shape index (κ3) is 3.98. The first kappa shape index (κ1) is 13.8. The molecule has 0 aliphatic carbocycles. The molecular formula is C13H16N2O3. The molecule has 18 heavy (non-hydrogen) atoms. The SMILES string of the molecule is [C-]#[N+]CC(=O)Nc1ccc(OCC)c(OCC)c1. The first-order chi connectivity index (χ1) is 8.71. The summed E-state index contributed by atoms with van der Waals surface area (Å²) in [4.78, 5) is 14.3. The molecule has 0 saturated heterocycles. The van der Waals surface area contributed by atoms with Crippen molar-refractivity contribution in [3.8, 4) is 11.5 Å². The van der Waals surface area contributed by atoms with Crippen LogP contribution >= 0.6 is 0 Å². The third-order valence-electron chi connectivity index (χ3n) is 2.05. The Morgan fingerprint density at radius 2 is 1.94 bits per heavy atom. The zero-order valence-electron chi connectivity index (χ0n) is 10.5. The summed E-state index contributed by atoms with van der Waals surface area (Å²) in [5.74, 6) is 0.888. The molecule has 1 amide bonds. The Labute approximate surface area is 107 Å². The molecule has 0 saturated carbocycles. The molecule has 0 atom stereocenters. The summed E-state index contributed by atoms with van der Waals surface area (Å²) in [6.45, 7) is 11.3. The summed E-state index contributed by atoms with van der Waals surface area (Å²) in [6.07, 6.45) is 0. The highest BCUT2D eigenvalue weighted by Gasteiger charge is 2.09. The average Bonchev–Trinajstić information content (AvgIpc) is 2.33. The van der Waals surface area contributed by atoms with E-state index in [1.807, 2.05) is 13.8 Å². The number of ether oxygens (including phenoxy) is 2. The molecule has 96 valence electrons. The van der Waals surface area contributed by atoms with Crippen molar-refractivity contribution >= 4 is 11.6 Å². The molecule has 0 fully saturated rings. The van der Waals surface area contributed by atoms with Crippen molar-refractivity contribution in [1.29, 1.82) is 0 Å². The third-order valence-corrected chi connectivity index (χ3v) is 2.05. The van der Waals surface area contributed by atoms with Gasteiger partial charge in [-0.25, -0.2) is 6.57 Å². The number of nitrogens with zero attached hydrogens (tertiary/aromatic N) is 1. The molecule has 1 N–H and O–H groups in total. The molecule has 0 aliphatic rings. The van der Waals surface area contributed by atoms with Crippen LogP contribution in [0.25, 0.3) is 4.85 Å². The van der Waals surface area contributed by atoms with Crippen LogP contribution in [0.4, 0.5) is 5.69 Å². The zero-order chi connectivity index (χ0) is 13.4. The Morgan fingerprint density at radius 3 is 2.56 bits per heavy atom. The number of carbonyl (C=O) groups excluding carboxylic acids is 1. The molecule has 0 spiro atoms. The minimum atomic E-state index is -0.336. The number of hydrogen-bond acceptors (Lipinski definition) is 3. The number of benzene rings is 1. The Bertz CT molecular complexity index is 452. The van der Waals surface area contributed by atoms with Gasteiger partial charge < -0.3 is 19.6 Å². The Morgan fingerprint density at radius 1 is 1.28 bits per heavy atom. The minimum Gasteiger partial charge on any atom is -0.490 e. The summed E-state index contributed by atoms with van der Waals surface area (Å²) in [7, 11) is 0. The quantitative estimate of drug-likeness (QED) is 0.786. The van der Waals surface area contributed by atoms with Gasteiger partial charge in [-0.2, -0.15) is 0 Å². The van der Waals surface area contributed by atoms with Crippen molar-refractivity contribution < 1.29 is 14.3 Å². The first-order valence-corrected chi connectivity index (χ1v) is 5.74. The van der Waals surface area contributed by atoms with Crippen molar-refractivity contribution in [2.24, 2.45) is 0 Å². The van der Waals surface area contributed by atoms with E-state index in [1.54, 1.807) is 18.2 Å². The van der Waals surface area contributed by atoms with Crippen molar-refractivity contribution in [3.05, 3.63) is 29.6 Å². The number of rotatable bonds is 6. The van der Waals surface area contributed by atoms with Crippen LogP contribution in [0.3, 0.4) is 0 Å². The van der Waals surface area contributed by atoms with Crippen LogP contribution < -0.4 is 14.8 Å². The molecule has 5 nitrogen and oxygen atoms in total. The van der Waals surface area contributed by atoms with Crippen molar-refractivity contribution in [3.63, 3.8) is 0 Å². The van der Waals surface area contributed by atoms with E-state index in [9.17, 15) is 4.79 Å². The highest BCUT2D eigenvalue weighted by Crippen LogP contribution is 2.30. The van der Waals surface area contributed by atoms with Gasteiger partial charge in [0, 0.05) is 11.8 Å². The predicted molar refractivity (Wildman–Crippen MR) is 68.9 cm³/mol. The number of amides is 1. The predicted octanol–water partition coefficient (Wildman–Crippen LogP) is 2.34. The fourth-order valence-electron chi connectivity index (χ4n) is 1.40. The van der Waals surface area contributed by atoms with Crippen LogP contribution in [0.15, 0.2) is 18.2 Å². The second-order valence-electron chi connectivity index (χ2n) is 3.39. The lowest BCUT2D eigenvalue weighted by Crippen LogP contribution is -2.13. The molecule has 1 aromatic rings. The first-order valence-electron chi connectivity index (χ1n) is 5.74. The monoisotopic (exact) mass is 248 g/mol. The molecule has 0 bridgehead atoms. The summed E-state index contributed by atoms with van der Waals surface area (Å²) in [5, 5.41) is 2.62. The molecule has 0 heterocycles. The van der Waals surface area contributed by atoms with E-state index < -0.39 is 0 Å². The van der Waals surface area contributed by atoms with Gasteiger partial charge in [-0.3, -0.25) is 4.79 Å². The number of anilines is 1. The summed E-state index contributed by atoms with van der Waals surface area (Å²) in [6, 6.07) is 5.15. The van der Waals surface area contributed by atoms with Gasteiger partial charge in [-0.15, -0.1) is 0 Å². The van der Waals surface area contributed by atoms with E-state index in [2.05, 4.69) is 10.2 Å². The van der Waals surface area contributed by atoms with E-state index in [0.717, 1.165) is 0 Å². The van der Waals surface area contributed by atoms with Crippen molar-refractivity contribution in [2.45, 2.75) is 13.8 Å². The molecule has 1 rings (SSSR count). The number of carbonyl (C=O) groups is 1. The van der Waals surface area contributed by atoms with Crippen LogP contribution in [0.5, 0.6) is 11.5 Å². The standard InChI is InChI=1S/C13H16N2O3/c1-4-17-11-7-6-10(8-12(11)18-5-2)15-13(16)9-14-3/h6-8H,4-5,9H2,1-2H3,(H,15,16). The van der Waals surface area contributed by atoms with Gasteiger partial charge in [0.25, 0.3) is 6.54 Å². The number of hydrogen-bond donors (Lipinski definition) is 1. The normalized spacial score (nSPS) is 9.39. The van der Waals surface area contributed by atoms with E-state index >= 15 is 0 Å². The maximum Gasteiger partial charge on any atom is 0.304 e. The van der Waals surface area contributed by atoms with Gasteiger partial charge in [0.05, 0.1) is 13.2 Å². The molecule has 0 radical (unpaired) electrons. The lowest BCUT2D eigenvalue weighted by molar-refractivity contribution is -0.114. The fraction of sp³-hybridized carbons (Fsp3) is 0.385. The largest absolute Gasteiger partial charge is 0.490 e. The topological polar surface area (TPSA) is 51.9 Å². The molecule has 0 aromatic heterocycles. The summed E-state index contributed by atoms with van der Waals surface area (Å²) in [5.41, 5.74) is 0.593. The van der Waals surface area contributed by atoms with Gasteiger partial charge >= 0.3 is 5.91 Å². The van der Waals surface area contributed by atoms with Gasteiger partial charge in [-0.1, -0.05) is 0 Å². The zero-order valence-corrected chi connectivity index (χ0v) is 10.5. The maximum absolute atomic E-state index is 11.3. The van der Waals surface area contributed by atoms with E-state index in [-0.39, 0.29) is 12.5 Å². The highest BCUT2D eigenvalue weighted by molar-refractivity contribution is 5.93. The van der Waals surface area contributed by atoms with E-state index in [0.29, 0.717) is 30.4 Å². The maximum atomic E-state index is 11.3. The molecule has 1 aromatic carbocycles. The van der Waals surface area contributed by atoms with Gasteiger partial charge in [0.2, 0.25) is 0 Å². The Hall–Kier alpha value is -2.22. The van der Waals surface area contributed by atoms with Crippen LogP contribution in [-0.2, 0) is 4.79 Å². The van der Waals surface area contributed by atoms with E-state index in [1.165, 1.54) is 0 Å². The van der Waals surface area contributed by atoms with Gasteiger partial charge in [0.1, 0.15) is 0 Å². The van der Waals surface area contributed by atoms with Crippen molar-refractivity contribution in [2.75, 3.05) is 25.1 Å². The second-order valence-corrected chi connectivity index (χ2v) is 3.39. The summed E-state index contributed by atoms with van der Waals surface area (Å²) < 4.78 is 10.8. The van der Waals surface area contributed by atoms with Crippen LogP contribution in [-0.4, -0.2) is 25.7 Å². The van der Waals surface area contributed by atoms with Crippen LogP contribution in [0, 0.1) is 6.57 Å². The minimum absolute atomic E-state index is 0.183. The van der Waals surface area contributed by atoms with Crippen LogP contribution in [0.2, 0.25) is 0 Å².